The smallest absolute Gasteiger partial charge is 0.230 e. The Bertz CT molecular complexity index is 1120. The van der Waals surface area contributed by atoms with Gasteiger partial charge < -0.3 is 5.32 Å². The Labute approximate surface area is 164 Å². The van der Waals surface area contributed by atoms with Crippen LogP contribution >= 0.6 is 23.4 Å². The van der Waals surface area contributed by atoms with Crippen molar-refractivity contribution < 1.29 is 4.79 Å². The van der Waals surface area contributed by atoms with Crippen LogP contribution in [-0.2, 0) is 4.79 Å². The number of amides is 1. The number of hydrogen-bond acceptors (Lipinski definition) is 5. The zero-order chi connectivity index (χ0) is 19.0. The molecule has 7 nitrogen and oxygen atoms in total. The van der Waals surface area contributed by atoms with Crippen LogP contribution in [-0.4, -0.2) is 41.9 Å². The van der Waals surface area contributed by atoms with Crippen molar-refractivity contribution in [1.29, 1.82) is 0 Å². The van der Waals surface area contributed by atoms with Crippen LogP contribution in [0, 0.1) is 0 Å². The van der Waals surface area contributed by atoms with E-state index in [1.807, 2.05) is 61.0 Å². The first kappa shape index (κ1) is 17.8. The maximum Gasteiger partial charge on any atom is 0.230 e. The Hall–Kier alpha value is -2.58. The molecule has 27 heavy (non-hydrogen) atoms. The summed E-state index contributed by atoms with van der Waals surface area (Å²) in [4.78, 5) is 11.9. The molecule has 0 radical (unpaired) electrons. The van der Waals surface area contributed by atoms with E-state index in [9.17, 15) is 4.79 Å². The van der Waals surface area contributed by atoms with E-state index < -0.39 is 0 Å². The number of hydrogen-bond donors (Lipinski definition) is 1. The number of nitrogens with zero attached hydrogens (tertiary/aromatic N) is 5. The summed E-state index contributed by atoms with van der Waals surface area (Å²) in [7, 11) is 0. The van der Waals surface area contributed by atoms with Gasteiger partial charge in [0.25, 0.3) is 0 Å². The molecule has 0 bridgehead atoms. The lowest BCUT2D eigenvalue weighted by Crippen LogP contribution is -2.31. The summed E-state index contributed by atoms with van der Waals surface area (Å²) < 4.78 is 3.64. The number of halogens is 1. The van der Waals surface area contributed by atoms with Crippen LogP contribution in [0.25, 0.3) is 22.4 Å². The van der Waals surface area contributed by atoms with E-state index in [4.69, 9.17) is 11.6 Å². The molecule has 4 aromatic rings. The Kier molecular flexibility index (Phi) is 4.75. The van der Waals surface area contributed by atoms with Crippen molar-refractivity contribution >= 4 is 40.4 Å². The number of rotatable bonds is 5. The van der Waals surface area contributed by atoms with Gasteiger partial charge in [-0.2, -0.15) is 5.10 Å². The van der Waals surface area contributed by atoms with Gasteiger partial charge in [-0.15, -0.1) is 10.2 Å². The molecule has 0 aliphatic rings. The first-order valence-electron chi connectivity index (χ1n) is 8.42. The number of carbonyl (C=O) groups excluding carboxylic acids is 1. The van der Waals surface area contributed by atoms with Gasteiger partial charge in [0, 0.05) is 29.0 Å². The van der Waals surface area contributed by atoms with E-state index in [0.717, 1.165) is 16.8 Å². The summed E-state index contributed by atoms with van der Waals surface area (Å²) in [5.74, 6) is 0.265. The predicted molar refractivity (Wildman–Crippen MR) is 106 cm³/mol. The lowest BCUT2D eigenvalue weighted by atomic mass is 10.1. The van der Waals surface area contributed by atoms with E-state index in [1.54, 1.807) is 4.52 Å². The van der Waals surface area contributed by atoms with Crippen LogP contribution in [0.3, 0.4) is 0 Å². The minimum atomic E-state index is -0.0257. The highest BCUT2D eigenvalue weighted by atomic mass is 35.5. The van der Waals surface area contributed by atoms with Gasteiger partial charge in [0.15, 0.2) is 10.8 Å². The van der Waals surface area contributed by atoms with Crippen molar-refractivity contribution in [1.82, 2.24) is 29.5 Å². The average molecular weight is 401 g/mol. The van der Waals surface area contributed by atoms with E-state index in [1.165, 1.54) is 11.8 Å². The van der Waals surface area contributed by atoms with Gasteiger partial charge in [0.1, 0.15) is 5.52 Å². The van der Waals surface area contributed by atoms with Gasteiger partial charge in [-0.3, -0.25) is 9.20 Å². The summed E-state index contributed by atoms with van der Waals surface area (Å²) in [5, 5.41) is 17.3. The number of aromatic nitrogens is 5. The third-order valence-corrected chi connectivity index (χ3v) is 5.10. The Balaban J connectivity index is 1.65. The lowest BCUT2D eigenvalue weighted by molar-refractivity contribution is -0.119. The van der Waals surface area contributed by atoms with Gasteiger partial charge in [0.05, 0.1) is 11.4 Å². The monoisotopic (exact) mass is 400 g/mol. The summed E-state index contributed by atoms with van der Waals surface area (Å²) in [6.45, 7) is 3.87. The number of nitrogens with one attached hydrogen (secondary N) is 1. The van der Waals surface area contributed by atoms with Gasteiger partial charge in [-0.05, 0) is 32.0 Å². The highest BCUT2D eigenvalue weighted by molar-refractivity contribution is 7.99. The molecule has 0 unspecified atom stereocenters. The van der Waals surface area contributed by atoms with Crippen molar-refractivity contribution in [2.75, 3.05) is 5.75 Å². The molecule has 138 valence electrons. The fraction of sp³-hybridized carbons (Fsp3) is 0.222. The van der Waals surface area contributed by atoms with Crippen LogP contribution < -0.4 is 5.32 Å². The van der Waals surface area contributed by atoms with Crippen LogP contribution in [0.4, 0.5) is 0 Å². The Morgan fingerprint density at radius 2 is 2.00 bits per heavy atom. The highest BCUT2D eigenvalue weighted by Crippen LogP contribution is 2.25. The van der Waals surface area contributed by atoms with E-state index in [-0.39, 0.29) is 11.9 Å². The molecule has 3 heterocycles. The maximum atomic E-state index is 11.9. The SMILES string of the molecule is CC(C)NC(=O)CSc1nnc2c3cc(-c4ccc(Cl)cc4)nn3ccn12. The largest absolute Gasteiger partial charge is 0.353 e. The second kappa shape index (κ2) is 7.21. The Morgan fingerprint density at radius 3 is 2.74 bits per heavy atom. The minimum Gasteiger partial charge on any atom is -0.353 e. The summed E-state index contributed by atoms with van der Waals surface area (Å²) in [5.41, 5.74) is 3.33. The number of carbonyl (C=O) groups is 1. The molecule has 0 aliphatic heterocycles. The highest BCUT2D eigenvalue weighted by Gasteiger charge is 2.14. The van der Waals surface area contributed by atoms with Gasteiger partial charge in [-0.25, -0.2) is 4.52 Å². The second-order valence-electron chi connectivity index (χ2n) is 6.35. The number of thioether (sulfide) groups is 1. The van der Waals surface area contributed by atoms with Crippen molar-refractivity contribution in [3.63, 3.8) is 0 Å². The molecule has 3 aromatic heterocycles. The molecule has 1 N–H and O–H groups in total. The third-order valence-electron chi connectivity index (χ3n) is 3.91. The molecule has 1 aromatic carbocycles. The van der Waals surface area contributed by atoms with Crippen molar-refractivity contribution in [3.8, 4) is 11.3 Å². The molecule has 9 heteroatoms. The summed E-state index contributed by atoms with van der Waals surface area (Å²) in [6, 6.07) is 9.62. The fourth-order valence-corrected chi connectivity index (χ4v) is 3.60. The number of fused-ring (bicyclic) bond motifs is 3. The quantitative estimate of drug-likeness (QED) is 0.520. The van der Waals surface area contributed by atoms with E-state index in [0.29, 0.717) is 21.6 Å². The average Bonchev–Trinajstić information content (AvgIpc) is 3.23. The van der Waals surface area contributed by atoms with Crippen LogP contribution in [0.5, 0.6) is 0 Å². The maximum absolute atomic E-state index is 11.9. The zero-order valence-electron chi connectivity index (χ0n) is 14.8. The molecule has 0 saturated carbocycles. The second-order valence-corrected chi connectivity index (χ2v) is 7.73. The first-order valence-corrected chi connectivity index (χ1v) is 9.79. The third kappa shape index (κ3) is 3.63. The molecule has 1 amide bonds. The lowest BCUT2D eigenvalue weighted by Gasteiger charge is -2.07. The summed E-state index contributed by atoms with van der Waals surface area (Å²) >= 11 is 7.31. The van der Waals surface area contributed by atoms with Crippen LogP contribution in [0.2, 0.25) is 5.02 Å². The van der Waals surface area contributed by atoms with Crippen molar-refractivity contribution in [2.24, 2.45) is 0 Å². The molecule has 0 saturated heterocycles. The molecule has 0 fully saturated rings. The molecule has 0 spiro atoms. The molecule has 4 rings (SSSR count). The first-order chi connectivity index (χ1) is 13.0. The van der Waals surface area contributed by atoms with Gasteiger partial charge >= 0.3 is 0 Å². The van der Waals surface area contributed by atoms with E-state index >= 15 is 0 Å². The normalized spacial score (nSPS) is 11.6. The number of benzene rings is 1. The molecular formula is C18H17ClN6OS. The van der Waals surface area contributed by atoms with Crippen molar-refractivity contribution in [2.45, 2.75) is 25.0 Å². The van der Waals surface area contributed by atoms with Crippen molar-refractivity contribution in [3.05, 3.63) is 47.7 Å². The zero-order valence-corrected chi connectivity index (χ0v) is 16.3. The van der Waals surface area contributed by atoms with Crippen LogP contribution in [0.15, 0.2) is 47.9 Å². The Morgan fingerprint density at radius 1 is 1.22 bits per heavy atom. The standard InChI is InChI=1S/C18H17ClN6OS/c1-11(2)20-16(26)10-27-18-22-21-17-15-9-14(12-3-5-13(19)6-4-12)23-25(15)8-7-24(17)18/h3-9,11H,10H2,1-2H3,(H,20,26). The van der Waals surface area contributed by atoms with E-state index in [2.05, 4.69) is 20.6 Å². The topological polar surface area (TPSA) is 76.6 Å². The van der Waals surface area contributed by atoms with Crippen LogP contribution in [0.1, 0.15) is 13.8 Å². The fourth-order valence-electron chi connectivity index (χ4n) is 2.74. The van der Waals surface area contributed by atoms with Gasteiger partial charge in [0.2, 0.25) is 5.91 Å². The summed E-state index contributed by atoms with van der Waals surface area (Å²) in [6.07, 6.45) is 3.70. The molecular weight excluding hydrogens is 384 g/mol. The van der Waals surface area contributed by atoms with Gasteiger partial charge in [-0.1, -0.05) is 35.5 Å². The molecule has 0 atom stereocenters. The predicted octanol–water partition coefficient (Wildman–Crippen LogP) is 3.31. The molecule has 0 aliphatic carbocycles. The minimum absolute atomic E-state index is 0.0257.